The number of benzene rings is 1. The summed E-state index contributed by atoms with van der Waals surface area (Å²) in [5.41, 5.74) is 1.21. The molecule has 0 fully saturated rings. The fourth-order valence-corrected chi connectivity index (χ4v) is 3.97. The number of hydrogen-bond acceptors (Lipinski definition) is 6. The molecule has 1 amide bonds. The van der Waals surface area contributed by atoms with Gasteiger partial charge in [0, 0.05) is 11.1 Å². The highest BCUT2D eigenvalue weighted by Gasteiger charge is 2.14. The Bertz CT molecular complexity index is 1030. The van der Waals surface area contributed by atoms with Crippen molar-refractivity contribution in [3.05, 3.63) is 83.7 Å². The van der Waals surface area contributed by atoms with E-state index >= 15 is 0 Å². The molecule has 0 bridgehead atoms. The molecule has 4 aromatic rings. The lowest BCUT2D eigenvalue weighted by atomic mass is 10.2. The van der Waals surface area contributed by atoms with Crippen LogP contribution < -0.4 is 5.32 Å². The summed E-state index contributed by atoms with van der Waals surface area (Å²) in [4.78, 5) is 23.4. The van der Waals surface area contributed by atoms with Crippen LogP contribution in [0.25, 0.3) is 10.8 Å². The minimum absolute atomic E-state index is 0.192. The quantitative estimate of drug-likeness (QED) is 0.506. The number of nitrogens with zero attached hydrogens (tertiary/aromatic N) is 2. The van der Waals surface area contributed by atoms with E-state index in [0.717, 1.165) is 9.77 Å². The summed E-state index contributed by atoms with van der Waals surface area (Å²) in [6.07, 6.45) is 3.26. The lowest BCUT2D eigenvalue weighted by molar-refractivity contribution is 0.0947. The Balaban J connectivity index is 1.44. The van der Waals surface area contributed by atoms with Gasteiger partial charge in [0.05, 0.1) is 22.7 Å². The van der Waals surface area contributed by atoms with Crippen LogP contribution in [-0.2, 0) is 6.54 Å². The van der Waals surface area contributed by atoms with Crippen LogP contribution in [0.4, 0.5) is 0 Å². The minimum atomic E-state index is -0.192. The third-order valence-electron chi connectivity index (χ3n) is 3.69. The van der Waals surface area contributed by atoms with Crippen molar-refractivity contribution >= 4 is 29.0 Å². The summed E-state index contributed by atoms with van der Waals surface area (Å²) in [5, 5.41) is 5.52. The molecule has 4 rings (SSSR count). The van der Waals surface area contributed by atoms with Crippen molar-refractivity contribution in [2.45, 2.75) is 16.5 Å². The number of aromatic nitrogens is 2. The highest BCUT2D eigenvalue weighted by atomic mass is 32.2. The number of amides is 1. The standard InChI is InChI=1S/C20H15N3O2S2/c24-18(22-12-14-13-25-19(23-14)17-9-5-11-26-17)16-8-4-10-21-20(16)27-15-6-2-1-3-7-15/h1-11,13H,12H2,(H,22,24). The monoisotopic (exact) mass is 393 g/mol. The largest absolute Gasteiger partial charge is 0.443 e. The Kier molecular flexibility index (Phi) is 5.32. The highest BCUT2D eigenvalue weighted by molar-refractivity contribution is 7.99. The number of pyridine rings is 1. The summed E-state index contributed by atoms with van der Waals surface area (Å²) in [6.45, 7) is 0.290. The molecule has 134 valence electrons. The Morgan fingerprint density at radius 1 is 1.11 bits per heavy atom. The van der Waals surface area contributed by atoms with Gasteiger partial charge in [-0.1, -0.05) is 36.0 Å². The third kappa shape index (κ3) is 4.27. The average Bonchev–Trinajstić information content (AvgIpc) is 3.39. The Hall–Kier alpha value is -2.90. The molecule has 0 unspecified atom stereocenters. The summed E-state index contributed by atoms with van der Waals surface area (Å²) in [6, 6.07) is 17.3. The first-order chi connectivity index (χ1) is 13.3. The zero-order valence-electron chi connectivity index (χ0n) is 14.2. The maximum Gasteiger partial charge on any atom is 0.254 e. The molecule has 0 aliphatic carbocycles. The molecule has 7 heteroatoms. The predicted molar refractivity (Wildman–Crippen MR) is 106 cm³/mol. The van der Waals surface area contributed by atoms with Gasteiger partial charge < -0.3 is 9.73 Å². The maximum atomic E-state index is 12.6. The molecule has 0 aliphatic heterocycles. The second kappa shape index (κ2) is 8.20. The van der Waals surface area contributed by atoms with Crippen molar-refractivity contribution in [3.63, 3.8) is 0 Å². The third-order valence-corrected chi connectivity index (χ3v) is 5.57. The zero-order chi connectivity index (χ0) is 18.5. The smallest absolute Gasteiger partial charge is 0.254 e. The molecule has 3 aromatic heterocycles. The van der Waals surface area contributed by atoms with Gasteiger partial charge in [-0.15, -0.1) is 11.3 Å². The van der Waals surface area contributed by atoms with Gasteiger partial charge in [-0.05, 0) is 35.7 Å². The number of hydrogen-bond donors (Lipinski definition) is 1. The molecule has 0 saturated heterocycles. The molecule has 27 heavy (non-hydrogen) atoms. The maximum absolute atomic E-state index is 12.6. The number of carbonyl (C=O) groups is 1. The van der Waals surface area contributed by atoms with E-state index < -0.39 is 0 Å². The van der Waals surface area contributed by atoms with Crippen molar-refractivity contribution in [1.29, 1.82) is 0 Å². The molecular weight excluding hydrogens is 378 g/mol. The zero-order valence-corrected chi connectivity index (χ0v) is 15.8. The normalized spacial score (nSPS) is 10.7. The second-order valence-electron chi connectivity index (χ2n) is 5.58. The van der Waals surface area contributed by atoms with Crippen LogP contribution in [0.15, 0.2) is 86.8 Å². The second-order valence-corrected chi connectivity index (χ2v) is 7.59. The first-order valence-electron chi connectivity index (χ1n) is 8.24. The van der Waals surface area contributed by atoms with Gasteiger partial charge in [0.1, 0.15) is 11.3 Å². The lowest BCUT2D eigenvalue weighted by Crippen LogP contribution is -2.23. The molecule has 5 nitrogen and oxygen atoms in total. The minimum Gasteiger partial charge on any atom is -0.443 e. The van der Waals surface area contributed by atoms with E-state index in [-0.39, 0.29) is 12.5 Å². The molecular formula is C20H15N3O2S2. The van der Waals surface area contributed by atoms with Crippen molar-refractivity contribution in [1.82, 2.24) is 15.3 Å². The topological polar surface area (TPSA) is 68.0 Å². The van der Waals surface area contributed by atoms with Gasteiger partial charge in [-0.25, -0.2) is 9.97 Å². The Morgan fingerprint density at radius 2 is 2.00 bits per heavy atom. The van der Waals surface area contributed by atoms with Gasteiger partial charge in [0.25, 0.3) is 5.91 Å². The number of oxazole rings is 1. The lowest BCUT2D eigenvalue weighted by Gasteiger charge is -2.08. The van der Waals surface area contributed by atoms with E-state index in [0.29, 0.717) is 22.2 Å². The summed E-state index contributed by atoms with van der Waals surface area (Å²) in [5.74, 6) is 0.373. The van der Waals surface area contributed by atoms with Crippen LogP contribution in [0, 0.1) is 0 Å². The van der Waals surface area contributed by atoms with E-state index in [2.05, 4.69) is 15.3 Å². The molecule has 0 radical (unpaired) electrons. The van der Waals surface area contributed by atoms with Crippen molar-refractivity contribution in [3.8, 4) is 10.8 Å². The summed E-state index contributed by atoms with van der Waals surface area (Å²) >= 11 is 3.02. The van der Waals surface area contributed by atoms with Crippen molar-refractivity contribution in [2.24, 2.45) is 0 Å². The number of rotatable bonds is 6. The average molecular weight is 393 g/mol. The van der Waals surface area contributed by atoms with Gasteiger partial charge >= 0.3 is 0 Å². The number of thiophene rings is 1. The molecule has 0 atom stereocenters. The van der Waals surface area contributed by atoms with Gasteiger partial charge in [0.15, 0.2) is 0 Å². The number of nitrogens with one attached hydrogen (secondary N) is 1. The molecule has 1 aromatic carbocycles. The van der Waals surface area contributed by atoms with Crippen LogP contribution in [0.1, 0.15) is 16.1 Å². The van der Waals surface area contributed by atoms with E-state index in [4.69, 9.17) is 4.42 Å². The van der Waals surface area contributed by atoms with E-state index in [1.165, 1.54) is 11.8 Å². The van der Waals surface area contributed by atoms with Gasteiger partial charge in [-0.3, -0.25) is 4.79 Å². The van der Waals surface area contributed by atoms with Gasteiger partial charge in [0.2, 0.25) is 5.89 Å². The Morgan fingerprint density at radius 3 is 2.81 bits per heavy atom. The molecule has 0 aliphatic rings. The van der Waals surface area contributed by atoms with Crippen LogP contribution in [0.2, 0.25) is 0 Å². The van der Waals surface area contributed by atoms with Crippen molar-refractivity contribution < 1.29 is 9.21 Å². The summed E-state index contributed by atoms with van der Waals surface area (Å²) < 4.78 is 5.48. The van der Waals surface area contributed by atoms with Crippen LogP contribution in [0.5, 0.6) is 0 Å². The van der Waals surface area contributed by atoms with Gasteiger partial charge in [-0.2, -0.15) is 0 Å². The Labute approximate surface area is 164 Å². The van der Waals surface area contributed by atoms with Crippen LogP contribution >= 0.6 is 23.1 Å². The predicted octanol–water partition coefficient (Wildman–Crippen LogP) is 4.88. The molecule has 3 heterocycles. The first-order valence-corrected chi connectivity index (χ1v) is 9.93. The van der Waals surface area contributed by atoms with E-state index in [1.54, 1.807) is 35.9 Å². The van der Waals surface area contributed by atoms with Crippen LogP contribution in [-0.4, -0.2) is 15.9 Å². The SMILES string of the molecule is O=C(NCc1coc(-c2cccs2)n1)c1cccnc1Sc1ccccc1. The number of carbonyl (C=O) groups excluding carboxylic acids is 1. The summed E-state index contributed by atoms with van der Waals surface area (Å²) in [7, 11) is 0. The fourth-order valence-electron chi connectivity index (χ4n) is 2.41. The fraction of sp³-hybridized carbons (Fsp3) is 0.0500. The molecule has 0 spiro atoms. The first kappa shape index (κ1) is 17.5. The van der Waals surface area contributed by atoms with E-state index in [1.807, 2.05) is 47.8 Å². The van der Waals surface area contributed by atoms with Crippen LogP contribution in [0.3, 0.4) is 0 Å². The molecule has 1 N–H and O–H groups in total. The highest BCUT2D eigenvalue weighted by Crippen LogP contribution is 2.28. The van der Waals surface area contributed by atoms with E-state index in [9.17, 15) is 4.79 Å². The van der Waals surface area contributed by atoms with Crippen molar-refractivity contribution in [2.75, 3.05) is 0 Å². The molecule has 0 saturated carbocycles.